The molecule has 0 fully saturated rings. The van der Waals surface area contributed by atoms with Gasteiger partial charge in [0.25, 0.3) is 0 Å². The topological polar surface area (TPSA) is 47.9 Å². The summed E-state index contributed by atoms with van der Waals surface area (Å²) in [7, 11) is 0. The quantitative estimate of drug-likeness (QED) is 0.671. The van der Waals surface area contributed by atoms with E-state index in [9.17, 15) is 0 Å². The molecule has 4 heteroatoms. The highest BCUT2D eigenvalue weighted by Crippen LogP contribution is 2.11. The number of aliphatic hydroxyl groups excluding tert-OH is 1. The Morgan fingerprint density at radius 1 is 1.45 bits per heavy atom. The number of hydrogen-bond acceptors (Lipinski definition) is 4. The molecular weight excluding hydrogens is 148 g/mol. The number of rotatable bonds is 3. The first-order valence-electron chi connectivity index (χ1n) is 3.32. The van der Waals surface area contributed by atoms with Crippen molar-refractivity contribution in [2.24, 2.45) is 0 Å². The zero-order valence-corrected chi connectivity index (χ0v) is 6.24. The van der Waals surface area contributed by atoms with Crippen LogP contribution in [0, 0.1) is 0 Å². The Balaban J connectivity index is 2.41. The molecule has 1 rings (SSSR count). The van der Waals surface area contributed by atoms with Crippen molar-refractivity contribution in [1.29, 1.82) is 0 Å². The minimum atomic E-state index is -0.235. The molecule has 0 unspecified atom stereocenters. The summed E-state index contributed by atoms with van der Waals surface area (Å²) in [6, 6.07) is 0. The fourth-order valence-corrected chi connectivity index (χ4v) is 0.609. The van der Waals surface area contributed by atoms with Crippen LogP contribution >= 0.6 is 0 Å². The van der Waals surface area contributed by atoms with Gasteiger partial charge in [-0.25, -0.2) is 0 Å². The Morgan fingerprint density at radius 2 is 2.18 bits per heavy atom. The molecule has 0 bridgehead atoms. The third-order valence-electron chi connectivity index (χ3n) is 1.12. The van der Waals surface area contributed by atoms with E-state index in [1.54, 1.807) is 0 Å². The monoisotopic (exact) mass is 158 g/mol. The number of hydrogen-bond donors (Lipinski definition) is 1. The second-order valence-corrected chi connectivity index (χ2v) is 1.87. The first-order chi connectivity index (χ1) is 5.34. The van der Waals surface area contributed by atoms with Crippen molar-refractivity contribution in [1.82, 2.24) is 0 Å². The second-order valence-electron chi connectivity index (χ2n) is 1.87. The van der Waals surface area contributed by atoms with E-state index in [1.807, 2.05) is 6.92 Å². The summed E-state index contributed by atoms with van der Waals surface area (Å²) in [5, 5.41) is 9.00. The molecule has 1 heterocycles. The summed E-state index contributed by atoms with van der Waals surface area (Å²) in [6.45, 7) is 2.66. The van der Waals surface area contributed by atoms with Crippen LogP contribution in [-0.2, 0) is 14.2 Å². The van der Waals surface area contributed by atoms with Crippen LogP contribution < -0.4 is 0 Å². The predicted molar refractivity (Wildman–Crippen MR) is 37.5 cm³/mol. The van der Waals surface area contributed by atoms with Gasteiger partial charge in [0.2, 0.25) is 5.76 Å². The van der Waals surface area contributed by atoms with Crippen LogP contribution in [-0.4, -0.2) is 18.3 Å². The Hall–Kier alpha value is -1.16. The van der Waals surface area contributed by atoms with E-state index in [4.69, 9.17) is 14.6 Å². The van der Waals surface area contributed by atoms with E-state index in [0.29, 0.717) is 12.4 Å². The summed E-state index contributed by atoms with van der Waals surface area (Å²) in [5.41, 5.74) is 0. The highest BCUT2D eigenvalue weighted by molar-refractivity contribution is 5.00. The van der Waals surface area contributed by atoms with Crippen molar-refractivity contribution in [2.75, 3.05) is 13.2 Å². The van der Waals surface area contributed by atoms with Crippen molar-refractivity contribution in [3.05, 3.63) is 24.2 Å². The second kappa shape index (κ2) is 3.88. The molecule has 0 saturated heterocycles. The third kappa shape index (κ3) is 2.16. The van der Waals surface area contributed by atoms with Crippen molar-refractivity contribution < 1.29 is 19.3 Å². The highest BCUT2D eigenvalue weighted by atomic mass is 16.6. The van der Waals surface area contributed by atoms with Gasteiger partial charge in [0.1, 0.15) is 19.1 Å². The predicted octanol–water partition coefficient (Wildman–Crippen LogP) is 1.27. The standard InChI is InChI=1S/C7H10O4/c1-2-9-5-6-7(8)11-4-3-10-6/h3-4,8H,2,5H2,1H3. The summed E-state index contributed by atoms with van der Waals surface area (Å²) in [4.78, 5) is 0. The molecule has 0 aromatic carbocycles. The molecule has 0 saturated carbocycles. The molecule has 1 aliphatic heterocycles. The van der Waals surface area contributed by atoms with Crippen LogP contribution in [0.3, 0.4) is 0 Å². The van der Waals surface area contributed by atoms with E-state index < -0.39 is 0 Å². The molecule has 0 aliphatic carbocycles. The molecule has 0 radical (unpaired) electrons. The third-order valence-corrected chi connectivity index (χ3v) is 1.12. The maximum absolute atomic E-state index is 9.00. The molecule has 1 aliphatic rings. The normalized spacial score (nSPS) is 16.1. The summed E-state index contributed by atoms with van der Waals surface area (Å²) in [5.74, 6) is 0.0651. The van der Waals surface area contributed by atoms with E-state index in [2.05, 4.69) is 4.74 Å². The van der Waals surface area contributed by atoms with Crippen molar-refractivity contribution in [3.63, 3.8) is 0 Å². The van der Waals surface area contributed by atoms with Crippen molar-refractivity contribution in [2.45, 2.75) is 6.92 Å². The molecule has 0 amide bonds. The van der Waals surface area contributed by atoms with Crippen LogP contribution in [0.15, 0.2) is 24.2 Å². The maximum atomic E-state index is 9.00. The molecule has 0 aromatic rings. The van der Waals surface area contributed by atoms with Gasteiger partial charge in [0, 0.05) is 6.61 Å². The number of aliphatic hydroxyl groups is 1. The first kappa shape index (κ1) is 7.94. The van der Waals surface area contributed by atoms with Gasteiger partial charge in [0.05, 0.1) is 0 Å². The van der Waals surface area contributed by atoms with Gasteiger partial charge >= 0.3 is 5.95 Å². The van der Waals surface area contributed by atoms with Crippen molar-refractivity contribution in [3.8, 4) is 0 Å². The lowest BCUT2D eigenvalue weighted by Crippen LogP contribution is -2.06. The first-order valence-corrected chi connectivity index (χ1v) is 3.32. The van der Waals surface area contributed by atoms with Crippen LogP contribution in [0.25, 0.3) is 0 Å². The SMILES string of the molecule is CCOCC1=C(O)OC=CO1. The van der Waals surface area contributed by atoms with E-state index in [0.717, 1.165) is 0 Å². The zero-order valence-electron chi connectivity index (χ0n) is 6.24. The zero-order chi connectivity index (χ0) is 8.10. The lowest BCUT2D eigenvalue weighted by atomic mass is 10.5. The highest BCUT2D eigenvalue weighted by Gasteiger charge is 2.10. The molecule has 11 heavy (non-hydrogen) atoms. The Labute approximate surface area is 64.7 Å². The molecule has 62 valence electrons. The van der Waals surface area contributed by atoms with Crippen LogP contribution in [0.5, 0.6) is 0 Å². The lowest BCUT2D eigenvalue weighted by molar-refractivity contribution is 0.0698. The molecule has 4 nitrogen and oxygen atoms in total. The summed E-state index contributed by atoms with van der Waals surface area (Å²) in [6.07, 6.45) is 2.60. The maximum Gasteiger partial charge on any atom is 0.324 e. The molecule has 0 aromatic heterocycles. The molecular formula is C7H10O4. The Bertz CT molecular complexity index is 183. The van der Waals surface area contributed by atoms with Gasteiger partial charge < -0.3 is 19.3 Å². The Kier molecular flexibility index (Phi) is 2.80. The summed E-state index contributed by atoms with van der Waals surface area (Å²) >= 11 is 0. The van der Waals surface area contributed by atoms with Gasteiger partial charge in [-0.05, 0) is 6.92 Å². The minimum Gasteiger partial charge on any atom is -0.478 e. The van der Waals surface area contributed by atoms with Gasteiger partial charge in [0.15, 0.2) is 0 Å². The van der Waals surface area contributed by atoms with Gasteiger partial charge in [-0.1, -0.05) is 0 Å². The minimum absolute atomic E-state index is 0.229. The van der Waals surface area contributed by atoms with E-state index >= 15 is 0 Å². The fourth-order valence-electron chi connectivity index (χ4n) is 0.609. The largest absolute Gasteiger partial charge is 0.478 e. The van der Waals surface area contributed by atoms with Gasteiger partial charge in [-0.15, -0.1) is 0 Å². The van der Waals surface area contributed by atoms with Crippen molar-refractivity contribution >= 4 is 0 Å². The summed E-state index contributed by atoms with van der Waals surface area (Å²) < 4.78 is 14.5. The Morgan fingerprint density at radius 3 is 2.82 bits per heavy atom. The van der Waals surface area contributed by atoms with Gasteiger partial charge in [-0.2, -0.15) is 0 Å². The molecule has 1 N–H and O–H groups in total. The van der Waals surface area contributed by atoms with E-state index in [1.165, 1.54) is 12.5 Å². The smallest absolute Gasteiger partial charge is 0.324 e. The average molecular weight is 158 g/mol. The van der Waals surface area contributed by atoms with Crippen LogP contribution in [0.2, 0.25) is 0 Å². The molecule has 0 spiro atoms. The number of ether oxygens (including phenoxy) is 3. The van der Waals surface area contributed by atoms with E-state index in [-0.39, 0.29) is 12.6 Å². The van der Waals surface area contributed by atoms with Gasteiger partial charge in [-0.3, -0.25) is 0 Å². The fraction of sp³-hybridized carbons (Fsp3) is 0.429. The molecule has 0 atom stereocenters. The average Bonchev–Trinajstić information content (AvgIpc) is 2.03. The van der Waals surface area contributed by atoms with Crippen LogP contribution in [0.1, 0.15) is 6.92 Å². The lowest BCUT2D eigenvalue weighted by Gasteiger charge is -2.11. The van der Waals surface area contributed by atoms with Crippen LogP contribution in [0.4, 0.5) is 0 Å².